The van der Waals surface area contributed by atoms with E-state index in [1.165, 1.54) is 0 Å². The number of rotatable bonds is 3. The van der Waals surface area contributed by atoms with E-state index >= 15 is 0 Å². The standard InChI is InChI=1S/C13H12ClN3OS/c1-18-11-3-2-8(6-10(11)14)9-4-5-16-12(7-9)17-13(15)19/h2-7H,1H3,(H3,15,16,17,19). The van der Waals surface area contributed by atoms with Gasteiger partial charge in [-0.15, -0.1) is 0 Å². The van der Waals surface area contributed by atoms with Crippen LogP contribution < -0.4 is 15.8 Å². The Labute approximate surface area is 121 Å². The molecule has 0 aliphatic carbocycles. The lowest BCUT2D eigenvalue weighted by Gasteiger charge is -2.08. The second-order valence-electron chi connectivity index (χ2n) is 3.77. The third kappa shape index (κ3) is 3.33. The molecule has 19 heavy (non-hydrogen) atoms. The molecule has 0 atom stereocenters. The van der Waals surface area contributed by atoms with Crippen LogP contribution in [0.4, 0.5) is 5.82 Å². The van der Waals surface area contributed by atoms with E-state index < -0.39 is 0 Å². The quantitative estimate of drug-likeness (QED) is 0.852. The second-order valence-corrected chi connectivity index (χ2v) is 4.62. The summed E-state index contributed by atoms with van der Waals surface area (Å²) in [6.07, 6.45) is 1.67. The Bertz CT molecular complexity index is 619. The highest BCUT2D eigenvalue weighted by molar-refractivity contribution is 7.80. The summed E-state index contributed by atoms with van der Waals surface area (Å²) in [5.74, 6) is 1.23. The van der Waals surface area contributed by atoms with E-state index in [9.17, 15) is 0 Å². The number of benzene rings is 1. The number of nitrogens with zero attached hydrogens (tertiary/aromatic N) is 1. The number of hydrogen-bond acceptors (Lipinski definition) is 3. The highest BCUT2D eigenvalue weighted by atomic mass is 35.5. The van der Waals surface area contributed by atoms with Crippen LogP contribution in [-0.2, 0) is 0 Å². The van der Waals surface area contributed by atoms with E-state index in [4.69, 9.17) is 34.3 Å². The largest absolute Gasteiger partial charge is 0.495 e. The minimum Gasteiger partial charge on any atom is -0.495 e. The molecule has 98 valence electrons. The van der Waals surface area contributed by atoms with Gasteiger partial charge in [0.05, 0.1) is 12.1 Å². The van der Waals surface area contributed by atoms with Crippen LogP contribution in [0.3, 0.4) is 0 Å². The van der Waals surface area contributed by atoms with Gasteiger partial charge in [-0.3, -0.25) is 0 Å². The van der Waals surface area contributed by atoms with Gasteiger partial charge >= 0.3 is 0 Å². The van der Waals surface area contributed by atoms with Crippen LogP contribution in [0.5, 0.6) is 5.75 Å². The molecule has 0 radical (unpaired) electrons. The summed E-state index contributed by atoms with van der Waals surface area (Å²) in [4.78, 5) is 4.12. The molecule has 1 aromatic heterocycles. The van der Waals surface area contributed by atoms with Crippen LogP contribution in [0.15, 0.2) is 36.5 Å². The summed E-state index contributed by atoms with van der Waals surface area (Å²) >= 11 is 10.9. The van der Waals surface area contributed by atoms with E-state index in [2.05, 4.69) is 10.3 Å². The van der Waals surface area contributed by atoms with Gasteiger partial charge in [0.2, 0.25) is 0 Å². The zero-order valence-electron chi connectivity index (χ0n) is 10.2. The first-order chi connectivity index (χ1) is 9.10. The fourth-order valence-corrected chi connectivity index (χ4v) is 2.01. The average Bonchev–Trinajstić information content (AvgIpc) is 2.38. The van der Waals surface area contributed by atoms with E-state index in [-0.39, 0.29) is 5.11 Å². The van der Waals surface area contributed by atoms with Gasteiger partial charge < -0.3 is 15.8 Å². The summed E-state index contributed by atoms with van der Waals surface area (Å²) in [5, 5.41) is 3.53. The van der Waals surface area contributed by atoms with Crippen LogP contribution in [0.1, 0.15) is 0 Å². The molecule has 4 nitrogen and oxygen atoms in total. The van der Waals surface area contributed by atoms with Gasteiger partial charge in [-0.1, -0.05) is 17.7 Å². The van der Waals surface area contributed by atoms with Crippen molar-refractivity contribution in [2.75, 3.05) is 12.4 Å². The minimum atomic E-state index is 0.178. The number of ether oxygens (including phenoxy) is 1. The van der Waals surface area contributed by atoms with E-state index in [0.29, 0.717) is 16.6 Å². The van der Waals surface area contributed by atoms with Crippen LogP contribution >= 0.6 is 23.8 Å². The van der Waals surface area contributed by atoms with E-state index in [1.54, 1.807) is 13.3 Å². The SMILES string of the molecule is COc1ccc(-c2ccnc(NC(N)=S)c2)cc1Cl. The first kappa shape index (κ1) is 13.6. The van der Waals surface area contributed by atoms with Crippen molar-refractivity contribution in [1.82, 2.24) is 4.98 Å². The molecule has 6 heteroatoms. The van der Waals surface area contributed by atoms with E-state index in [0.717, 1.165) is 11.1 Å². The van der Waals surface area contributed by atoms with Crippen LogP contribution in [0.25, 0.3) is 11.1 Å². The van der Waals surface area contributed by atoms with Crippen molar-refractivity contribution in [1.29, 1.82) is 0 Å². The molecule has 0 aliphatic heterocycles. The molecule has 3 N–H and O–H groups in total. The summed E-state index contributed by atoms with van der Waals surface area (Å²) in [5.41, 5.74) is 7.33. The lowest BCUT2D eigenvalue weighted by molar-refractivity contribution is 0.415. The second kappa shape index (κ2) is 5.86. The Balaban J connectivity index is 2.36. The normalized spacial score (nSPS) is 10.0. The summed E-state index contributed by atoms with van der Waals surface area (Å²) in [7, 11) is 1.58. The molecule has 1 heterocycles. The highest BCUT2D eigenvalue weighted by Crippen LogP contribution is 2.30. The molecular formula is C13H12ClN3OS. The number of thiocarbonyl (C=S) groups is 1. The molecule has 0 bridgehead atoms. The maximum Gasteiger partial charge on any atom is 0.169 e. The van der Waals surface area contributed by atoms with Crippen molar-refractivity contribution >= 4 is 34.7 Å². The van der Waals surface area contributed by atoms with Crippen LogP contribution in [-0.4, -0.2) is 17.2 Å². The predicted octanol–water partition coefficient (Wildman–Crippen LogP) is 3.07. The molecule has 2 rings (SSSR count). The summed E-state index contributed by atoms with van der Waals surface area (Å²) in [6.45, 7) is 0. The molecular weight excluding hydrogens is 282 g/mol. The van der Waals surface area contributed by atoms with Gasteiger partial charge in [0.25, 0.3) is 0 Å². The van der Waals surface area contributed by atoms with Gasteiger partial charge in [0.1, 0.15) is 11.6 Å². The maximum atomic E-state index is 6.11. The van der Waals surface area contributed by atoms with Crippen molar-refractivity contribution in [2.24, 2.45) is 5.73 Å². The smallest absolute Gasteiger partial charge is 0.169 e. The molecule has 0 spiro atoms. The lowest BCUT2D eigenvalue weighted by atomic mass is 10.1. The molecule has 2 aromatic rings. The number of hydrogen-bond donors (Lipinski definition) is 2. The lowest BCUT2D eigenvalue weighted by Crippen LogP contribution is -2.19. The summed E-state index contributed by atoms with van der Waals surface area (Å²) in [6, 6.07) is 9.30. The number of aromatic nitrogens is 1. The van der Waals surface area contributed by atoms with Gasteiger partial charge in [0.15, 0.2) is 5.11 Å². The van der Waals surface area contributed by atoms with Crippen molar-refractivity contribution in [3.8, 4) is 16.9 Å². The number of halogens is 1. The number of nitrogens with two attached hydrogens (primary N) is 1. The maximum absolute atomic E-state index is 6.11. The van der Waals surface area contributed by atoms with Crippen molar-refractivity contribution < 1.29 is 4.74 Å². The van der Waals surface area contributed by atoms with Gasteiger partial charge in [-0.25, -0.2) is 4.98 Å². The fraction of sp³-hybridized carbons (Fsp3) is 0.0769. The Hall–Kier alpha value is -1.85. The third-order valence-electron chi connectivity index (χ3n) is 2.50. The number of pyridine rings is 1. The van der Waals surface area contributed by atoms with Crippen molar-refractivity contribution in [3.63, 3.8) is 0 Å². The first-order valence-electron chi connectivity index (χ1n) is 5.46. The molecule has 0 saturated heterocycles. The Morgan fingerprint density at radius 1 is 1.32 bits per heavy atom. The molecule has 0 fully saturated rings. The fourth-order valence-electron chi connectivity index (χ4n) is 1.65. The van der Waals surface area contributed by atoms with Gasteiger partial charge in [0, 0.05) is 6.20 Å². The molecule has 0 aliphatic rings. The Kier molecular flexibility index (Phi) is 4.19. The van der Waals surface area contributed by atoms with Gasteiger partial charge in [-0.05, 0) is 47.6 Å². The molecule has 0 amide bonds. The topological polar surface area (TPSA) is 60.2 Å². The molecule has 1 aromatic carbocycles. The zero-order chi connectivity index (χ0) is 13.8. The monoisotopic (exact) mass is 293 g/mol. The highest BCUT2D eigenvalue weighted by Gasteiger charge is 2.05. The molecule has 0 unspecified atom stereocenters. The average molecular weight is 294 g/mol. The van der Waals surface area contributed by atoms with Crippen molar-refractivity contribution in [2.45, 2.75) is 0 Å². The number of anilines is 1. The summed E-state index contributed by atoms with van der Waals surface area (Å²) < 4.78 is 5.12. The Morgan fingerprint density at radius 2 is 2.05 bits per heavy atom. The predicted molar refractivity (Wildman–Crippen MR) is 81.6 cm³/mol. The first-order valence-corrected chi connectivity index (χ1v) is 6.25. The van der Waals surface area contributed by atoms with Gasteiger partial charge in [-0.2, -0.15) is 0 Å². The van der Waals surface area contributed by atoms with Crippen molar-refractivity contribution in [3.05, 3.63) is 41.6 Å². The number of nitrogens with one attached hydrogen (secondary N) is 1. The molecule has 0 saturated carbocycles. The number of methoxy groups -OCH3 is 1. The zero-order valence-corrected chi connectivity index (χ0v) is 11.8. The van der Waals surface area contributed by atoms with Crippen LogP contribution in [0.2, 0.25) is 5.02 Å². The third-order valence-corrected chi connectivity index (χ3v) is 2.89. The van der Waals surface area contributed by atoms with E-state index in [1.807, 2.05) is 30.3 Å². The van der Waals surface area contributed by atoms with Crippen LogP contribution in [0, 0.1) is 0 Å². The Morgan fingerprint density at radius 3 is 2.68 bits per heavy atom. The minimum absolute atomic E-state index is 0.178.